The van der Waals surface area contributed by atoms with E-state index in [4.69, 9.17) is 48.7 Å². The number of amides is 1. The van der Waals surface area contributed by atoms with Crippen LogP contribution in [0.15, 0.2) is 58.0 Å². The van der Waals surface area contributed by atoms with Crippen LogP contribution in [0.2, 0.25) is 15.1 Å². The monoisotopic (exact) mass is 452 g/mol. The standard InChI is InChI=1S/C20H15Cl3N2O4/c1-27-18-6-2-12(8-16(18)23)17-7-4-14(29-17)10-24-25-20(26)11-28-19-9-13(21)3-5-15(19)22/h2-10H,11H2,1H3,(H,25,26)/b24-10+. The summed E-state index contributed by atoms with van der Waals surface area (Å²) in [7, 11) is 1.55. The fourth-order valence-corrected chi connectivity index (χ4v) is 2.92. The topological polar surface area (TPSA) is 73.1 Å². The van der Waals surface area contributed by atoms with E-state index in [0.717, 1.165) is 5.56 Å². The largest absolute Gasteiger partial charge is 0.495 e. The average molecular weight is 454 g/mol. The van der Waals surface area contributed by atoms with Crippen molar-refractivity contribution in [3.63, 3.8) is 0 Å². The molecule has 29 heavy (non-hydrogen) atoms. The number of ether oxygens (including phenoxy) is 2. The highest BCUT2D eigenvalue weighted by molar-refractivity contribution is 6.34. The number of hydrogen-bond donors (Lipinski definition) is 1. The Bertz CT molecular complexity index is 1050. The zero-order valence-corrected chi connectivity index (χ0v) is 17.4. The first-order valence-corrected chi connectivity index (χ1v) is 9.43. The highest BCUT2D eigenvalue weighted by Crippen LogP contribution is 2.31. The van der Waals surface area contributed by atoms with Crippen molar-refractivity contribution in [1.82, 2.24) is 5.43 Å². The van der Waals surface area contributed by atoms with Crippen molar-refractivity contribution in [2.45, 2.75) is 0 Å². The van der Waals surface area contributed by atoms with Crippen molar-refractivity contribution in [2.24, 2.45) is 5.10 Å². The van der Waals surface area contributed by atoms with Crippen LogP contribution < -0.4 is 14.9 Å². The van der Waals surface area contributed by atoms with Crippen molar-refractivity contribution in [1.29, 1.82) is 0 Å². The van der Waals surface area contributed by atoms with E-state index in [-0.39, 0.29) is 6.61 Å². The number of carbonyl (C=O) groups excluding carboxylic acids is 1. The van der Waals surface area contributed by atoms with Gasteiger partial charge in [0.15, 0.2) is 6.61 Å². The second-order valence-corrected chi connectivity index (χ2v) is 6.96. The van der Waals surface area contributed by atoms with Crippen LogP contribution >= 0.6 is 34.8 Å². The van der Waals surface area contributed by atoms with Crippen LogP contribution in [0.1, 0.15) is 5.76 Å². The predicted molar refractivity (Wildman–Crippen MR) is 113 cm³/mol. The minimum atomic E-state index is -0.467. The fraction of sp³-hybridized carbons (Fsp3) is 0.100. The molecule has 0 aliphatic carbocycles. The lowest BCUT2D eigenvalue weighted by Crippen LogP contribution is -2.24. The van der Waals surface area contributed by atoms with E-state index in [9.17, 15) is 4.79 Å². The van der Waals surface area contributed by atoms with E-state index in [1.54, 1.807) is 43.5 Å². The summed E-state index contributed by atoms with van der Waals surface area (Å²) in [6, 6.07) is 13.5. The molecule has 0 spiro atoms. The van der Waals surface area contributed by atoms with Crippen molar-refractivity contribution < 1.29 is 18.7 Å². The Morgan fingerprint density at radius 1 is 1.07 bits per heavy atom. The van der Waals surface area contributed by atoms with Crippen LogP contribution in [-0.2, 0) is 4.79 Å². The van der Waals surface area contributed by atoms with E-state index >= 15 is 0 Å². The maximum atomic E-state index is 11.8. The third-order valence-electron chi connectivity index (χ3n) is 3.70. The molecule has 6 nitrogen and oxygen atoms in total. The van der Waals surface area contributed by atoms with Gasteiger partial charge in [-0.05, 0) is 42.5 Å². The number of nitrogens with one attached hydrogen (secondary N) is 1. The van der Waals surface area contributed by atoms with Gasteiger partial charge in [0.05, 0.1) is 23.4 Å². The van der Waals surface area contributed by atoms with Gasteiger partial charge in [-0.1, -0.05) is 34.8 Å². The molecule has 0 saturated heterocycles. The molecule has 1 heterocycles. The van der Waals surface area contributed by atoms with Crippen molar-refractivity contribution >= 4 is 46.9 Å². The molecule has 0 aliphatic rings. The number of halogens is 3. The number of benzene rings is 2. The Morgan fingerprint density at radius 3 is 2.66 bits per heavy atom. The smallest absolute Gasteiger partial charge is 0.277 e. The molecule has 3 aromatic rings. The molecule has 0 radical (unpaired) electrons. The van der Waals surface area contributed by atoms with E-state index in [1.807, 2.05) is 6.07 Å². The highest BCUT2D eigenvalue weighted by atomic mass is 35.5. The van der Waals surface area contributed by atoms with Gasteiger partial charge in [0.1, 0.15) is 23.0 Å². The van der Waals surface area contributed by atoms with E-state index in [2.05, 4.69) is 10.5 Å². The van der Waals surface area contributed by atoms with Crippen LogP contribution in [-0.4, -0.2) is 25.8 Å². The number of hydrogen-bond acceptors (Lipinski definition) is 5. The molecule has 0 unspecified atom stereocenters. The van der Waals surface area contributed by atoms with Gasteiger partial charge in [-0.3, -0.25) is 4.79 Å². The Balaban J connectivity index is 1.55. The van der Waals surface area contributed by atoms with E-state index in [0.29, 0.717) is 38.1 Å². The van der Waals surface area contributed by atoms with E-state index < -0.39 is 5.91 Å². The maximum absolute atomic E-state index is 11.8. The summed E-state index contributed by atoms with van der Waals surface area (Å²) < 4.78 is 16.1. The molecule has 150 valence electrons. The van der Waals surface area contributed by atoms with Gasteiger partial charge in [-0.25, -0.2) is 5.43 Å². The number of hydrazone groups is 1. The average Bonchev–Trinajstić information content (AvgIpc) is 3.17. The SMILES string of the molecule is COc1ccc(-c2ccc(/C=N/NC(=O)COc3cc(Cl)ccc3Cl)o2)cc1Cl. The molecule has 0 aliphatic heterocycles. The molecule has 3 rings (SSSR count). The second-order valence-electron chi connectivity index (χ2n) is 5.71. The Labute approximate surface area is 182 Å². The first-order valence-electron chi connectivity index (χ1n) is 8.30. The quantitative estimate of drug-likeness (QED) is 0.382. The summed E-state index contributed by atoms with van der Waals surface area (Å²) in [5.41, 5.74) is 3.12. The summed E-state index contributed by atoms with van der Waals surface area (Å²) >= 11 is 18.0. The van der Waals surface area contributed by atoms with Gasteiger partial charge >= 0.3 is 0 Å². The lowest BCUT2D eigenvalue weighted by molar-refractivity contribution is -0.123. The maximum Gasteiger partial charge on any atom is 0.277 e. The molecular formula is C20H15Cl3N2O4. The first-order chi connectivity index (χ1) is 14.0. The number of rotatable bonds is 7. The normalized spacial score (nSPS) is 10.9. The summed E-state index contributed by atoms with van der Waals surface area (Å²) in [6.45, 7) is -0.273. The van der Waals surface area contributed by atoms with Gasteiger partial charge in [0.2, 0.25) is 0 Å². The van der Waals surface area contributed by atoms with E-state index in [1.165, 1.54) is 12.3 Å². The van der Waals surface area contributed by atoms with Gasteiger partial charge in [0, 0.05) is 16.7 Å². The Morgan fingerprint density at radius 2 is 1.90 bits per heavy atom. The highest BCUT2D eigenvalue weighted by Gasteiger charge is 2.08. The number of methoxy groups -OCH3 is 1. The van der Waals surface area contributed by atoms with Crippen LogP contribution in [0.3, 0.4) is 0 Å². The van der Waals surface area contributed by atoms with Gasteiger partial charge in [0.25, 0.3) is 5.91 Å². The molecule has 1 N–H and O–H groups in total. The fourth-order valence-electron chi connectivity index (χ4n) is 2.33. The number of nitrogens with zero attached hydrogens (tertiary/aromatic N) is 1. The molecule has 1 amide bonds. The molecule has 2 aromatic carbocycles. The molecular weight excluding hydrogens is 439 g/mol. The first kappa shape index (κ1) is 21.0. The molecule has 0 atom stereocenters. The summed E-state index contributed by atoms with van der Waals surface area (Å²) in [6.07, 6.45) is 1.37. The zero-order chi connectivity index (χ0) is 20.8. The van der Waals surface area contributed by atoms with Crippen molar-refractivity contribution in [3.05, 3.63) is 69.4 Å². The molecule has 1 aromatic heterocycles. The summed E-state index contributed by atoms with van der Waals surface area (Å²) in [5.74, 6) is 1.47. The van der Waals surface area contributed by atoms with Crippen LogP contribution in [0, 0.1) is 0 Å². The van der Waals surface area contributed by atoms with Gasteiger partial charge in [-0.2, -0.15) is 5.10 Å². The molecule has 0 bridgehead atoms. The van der Waals surface area contributed by atoms with Crippen LogP contribution in [0.4, 0.5) is 0 Å². The molecule has 9 heteroatoms. The number of carbonyl (C=O) groups is 1. The predicted octanol–water partition coefficient (Wildman–Crippen LogP) is 5.44. The second kappa shape index (κ2) is 9.69. The Kier molecular flexibility index (Phi) is 7.04. The third-order valence-corrected chi connectivity index (χ3v) is 4.54. The van der Waals surface area contributed by atoms with Crippen molar-refractivity contribution in [3.8, 4) is 22.8 Å². The minimum absolute atomic E-state index is 0.273. The summed E-state index contributed by atoms with van der Waals surface area (Å²) in [4.78, 5) is 11.8. The zero-order valence-electron chi connectivity index (χ0n) is 15.1. The van der Waals surface area contributed by atoms with Crippen LogP contribution in [0.25, 0.3) is 11.3 Å². The molecule has 0 saturated carbocycles. The van der Waals surface area contributed by atoms with Gasteiger partial charge in [-0.15, -0.1) is 0 Å². The Hall–Kier alpha value is -2.67. The number of furan rings is 1. The third kappa shape index (κ3) is 5.67. The lowest BCUT2D eigenvalue weighted by Gasteiger charge is -2.07. The summed E-state index contributed by atoms with van der Waals surface area (Å²) in [5, 5.41) is 5.13. The van der Waals surface area contributed by atoms with Crippen LogP contribution in [0.5, 0.6) is 11.5 Å². The minimum Gasteiger partial charge on any atom is -0.495 e. The molecule has 0 fully saturated rings. The van der Waals surface area contributed by atoms with Gasteiger partial charge < -0.3 is 13.9 Å². The van der Waals surface area contributed by atoms with Crippen molar-refractivity contribution in [2.75, 3.05) is 13.7 Å². The lowest BCUT2D eigenvalue weighted by atomic mass is 10.2.